The van der Waals surface area contributed by atoms with Crippen molar-refractivity contribution in [1.82, 2.24) is 15.6 Å². The summed E-state index contributed by atoms with van der Waals surface area (Å²) in [5.41, 5.74) is 0.577. The number of aliphatic hydroxyl groups is 1. The van der Waals surface area contributed by atoms with Crippen molar-refractivity contribution in [3.63, 3.8) is 0 Å². The van der Waals surface area contributed by atoms with Gasteiger partial charge in [0.05, 0.1) is 18.2 Å². The highest BCUT2D eigenvalue weighted by Crippen LogP contribution is 2.65. The van der Waals surface area contributed by atoms with Crippen LogP contribution in [0.5, 0.6) is 0 Å². The van der Waals surface area contributed by atoms with E-state index in [0.717, 1.165) is 32.1 Å². The van der Waals surface area contributed by atoms with Gasteiger partial charge in [-0.15, -0.1) is 0 Å². The van der Waals surface area contributed by atoms with Gasteiger partial charge in [0.2, 0.25) is 11.8 Å². The summed E-state index contributed by atoms with van der Waals surface area (Å²) >= 11 is 0. The first kappa shape index (κ1) is 26.9. The molecule has 38 heavy (non-hydrogen) atoms. The van der Waals surface area contributed by atoms with Crippen LogP contribution < -0.4 is 16.0 Å². The highest BCUT2D eigenvalue weighted by Gasteiger charge is 2.59. The number of nitrogens with one attached hydrogen (secondary N) is 3. The van der Waals surface area contributed by atoms with E-state index in [1.807, 2.05) is 6.92 Å². The minimum Gasteiger partial charge on any atom is -0.394 e. The van der Waals surface area contributed by atoms with Crippen LogP contribution in [0.3, 0.4) is 0 Å². The van der Waals surface area contributed by atoms with Crippen molar-refractivity contribution in [2.45, 2.75) is 84.2 Å². The zero-order valence-electron chi connectivity index (χ0n) is 22.8. The molecule has 0 aromatic carbocycles. The van der Waals surface area contributed by atoms with Gasteiger partial charge in [-0.05, 0) is 92.2 Å². The molecule has 0 radical (unpaired) electrons. The average Bonchev–Trinajstić information content (AvgIpc) is 3.23. The van der Waals surface area contributed by atoms with E-state index in [2.05, 4.69) is 40.9 Å². The van der Waals surface area contributed by atoms with Crippen LogP contribution in [0.25, 0.3) is 0 Å². The molecule has 206 valence electrons. The molecule has 1 aromatic heterocycles. The van der Waals surface area contributed by atoms with Gasteiger partial charge in [-0.25, -0.2) is 4.98 Å². The first-order chi connectivity index (χ1) is 18.2. The molecule has 1 unspecified atom stereocenters. The third-order valence-electron chi connectivity index (χ3n) is 10.7. The maximum absolute atomic E-state index is 13.1. The summed E-state index contributed by atoms with van der Waals surface area (Å²) in [6.07, 6.45) is 13.2. The van der Waals surface area contributed by atoms with Gasteiger partial charge < -0.3 is 21.1 Å². The second kappa shape index (κ2) is 10.4. The molecule has 0 bridgehead atoms. The third kappa shape index (κ3) is 4.76. The van der Waals surface area contributed by atoms with Crippen LogP contribution in [-0.2, 0) is 9.59 Å². The van der Waals surface area contributed by atoms with Crippen LogP contribution in [0, 0.1) is 34.5 Å². The number of amides is 3. The van der Waals surface area contributed by atoms with E-state index < -0.39 is 0 Å². The minimum absolute atomic E-state index is 0.0244. The van der Waals surface area contributed by atoms with Crippen molar-refractivity contribution >= 4 is 23.5 Å². The van der Waals surface area contributed by atoms with Crippen LogP contribution in [0.4, 0.5) is 5.82 Å². The molecular weight excluding hydrogens is 480 g/mol. The molecule has 3 aliphatic carbocycles. The van der Waals surface area contributed by atoms with E-state index >= 15 is 0 Å². The molecule has 8 atom stereocenters. The van der Waals surface area contributed by atoms with Crippen LogP contribution in [0.1, 0.15) is 82.5 Å². The first-order valence-corrected chi connectivity index (χ1v) is 14.3. The summed E-state index contributed by atoms with van der Waals surface area (Å²) in [4.78, 5) is 41.7. The summed E-state index contributed by atoms with van der Waals surface area (Å²) in [5.74, 6) is 2.35. The lowest BCUT2D eigenvalue weighted by Crippen LogP contribution is -2.59. The van der Waals surface area contributed by atoms with Gasteiger partial charge in [0.25, 0.3) is 5.91 Å². The van der Waals surface area contributed by atoms with Crippen LogP contribution in [-0.4, -0.2) is 46.5 Å². The Morgan fingerprint density at radius 1 is 1.16 bits per heavy atom. The zero-order chi connectivity index (χ0) is 27.1. The number of anilines is 1. The average molecular weight is 523 g/mol. The van der Waals surface area contributed by atoms with Gasteiger partial charge in [0.15, 0.2) is 0 Å². The monoisotopic (exact) mass is 522 g/mol. The first-order valence-electron chi connectivity index (χ1n) is 14.3. The minimum atomic E-state index is -0.286. The summed E-state index contributed by atoms with van der Waals surface area (Å²) in [6, 6.07) is 3.26. The second-order valence-electron chi connectivity index (χ2n) is 12.5. The number of fused-ring (bicyclic) bond motifs is 5. The van der Waals surface area contributed by atoms with Crippen molar-refractivity contribution in [2.75, 3.05) is 11.9 Å². The fraction of sp³-hybridized carbons (Fsp3) is 0.667. The largest absolute Gasteiger partial charge is 0.394 e. The summed E-state index contributed by atoms with van der Waals surface area (Å²) < 4.78 is 0. The molecule has 4 aliphatic rings. The predicted molar refractivity (Wildman–Crippen MR) is 145 cm³/mol. The van der Waals surface area contributed by atoms with E-state index in [9.17, 15) is 19.5 Å². The van der Waals surface area contributed by atoms with E-state index in [1.165, 1.54) is 12.6 Å². The quantitative estimate of drug-likeness (QED) is 0.434. The SMILES string of the molecule is CCC(CO)NC(=O)c1ccc(NC(=O)C[C@H]2CC[C@H]3[C@@H]4CC[C@H]5NC(=O)C=C[C@]5(C)[C@H]4CC[C@]23C)nc1. The molecule has 1 aliphatic heterocycles. The third-order valence-corrected chi connectivity index (χ3v) is 10.7. The molecule has 3 amide bonds. The topological polar surface area (TPSA) is 120 Å². The number of hydrogen-bond donors (Lipinski definition) is 4. The van der Waals surface area contributed by atoms with Crippen molar-refractivity contribution in [2.24, 2.45) is 34.5 Å². The smallest absolute Gasteiger partial charge is 0.253 e. The molecule has 1 aromatic rings. The molecule has 4 N–H and O–H groups in total. The normalized spacial score (nSPS) is 36.3. The number of pyridine rings is 1. The fourth-order valence-corrected chi connectivity index (χ4v) is 8.34. The summed E-state index contributed by atoms with van der Waals surface area (Å²) in [6.45, 7) is 6.54. The Morgan fingerprint density at radius 2 is 1.97 bits per heavy atom. The maximum Gasteiger partial charge on any atom is 0.253 e. The van der Waals surface area contributed by atoms with Crippen molar-refractivity contribution < 1.29 is 19.5 Å². The summed E-state index contributed by atoms with van der Waals surface area (Å²) in [7, 11) is 0. The Bertz CT molecular complexity index is 1100. The second-order valence-corrected chi connectivity index (χ2v) is 12.5. The standard InChI is InChI=1S/C30H42N4O4/c1-4-20(17-35)32-28(38)18-5-10-25(31-16-18)34-27(37)15-19-6-8-22-21-7-9-24-30(3,14-12-26(36)33-24)23(21)11-13-29(19,22)2/h5,10,12,14,16,19-24,35H,4,6-9,11,13,15,17H2,1-3H3,(H,32,38)(H,33,36)(H,31,34,37)/t19-,20?,21+,22+,23+,24-,29-,30-/m1/s1. The van der Waals surface area contributed by atoms with Gasteiger partial charge in [-0.2, -0.15) is 0 Å². The predicted octanol–water partition coefficient (Wildman–Crippen LogP) is 3.82. The molecule has 3 fully saturated rings. The van der Waals surface area contributed by atoms with Crippen LogP contribution in [0.15, 0.2) is 30.5 Å². The lowest BCUT2D eigenvalue weighted by Gasteiger charge is -2.59. The molecular formula is C30H42N4O4. The van der Waals surface area contributed by atoms with E-state index in [-0.39, 0.29) is 47.2 Å². The van der Waals surface area contributed by atoms with E-state index in [1.54, 1.807) is 18.2 Å². The Morgan fingerprint density at radius 3 is 2.68 bits per heavy atom. The highest BCUT2D eigenvalue weighted by atomic mass is 16.3. The Hall–Kier alpha value is -2.74. The Kier molecular flexibility index (Phi) is 7.37. The van der Waals surface area contributed by atoms with Crippen LogP contribution in [0.2, 0.25) is 0 Å². The number of carbonyl (C=O) groups excluding carboxylic acids is 3. The van der Waals surface area contributed by atoms with Crippen LogP contribution >= 0.6 is 0 Å². The Labute approximate surface area is 225 Å². The lowest BCUT2D eigenvalue weighted by molar-refractivity contribution is -0.123. The van der Waals surface area contributed by atoms with Gasteiger partial charge >= 0.3 is 0 Å². The molecule has 3 saturated carbocycles. The Balaban J connectivity index is 1.20. The van der Waals surface area contributed by atoms with Crippen molar-refractivity contribution in [1.29, 1.82) is 0 Å². The molecule has 8 heteroatoms. The number of rotatable bonds is 7. The molecule has 0 spiro atoms. The number of aliphatic hydroxyl groups excluding tert-OH is 1. The maximum atomic E-state index is 13.1. The number of hydrogen-bond acceptors (Lipinski definition) is 5. The molecule has 8 nitrogen and oxygen atoms in total. The lowest BCUT2D eigenvalue weighted by atomic mass is 9.48. The van der Waals surface area contributed by atoms with Gasteiger partial charge in [0, 0.05) is 24.1 Å². The van der Waals surface area contributed by atoms with Crippen molar-refractivity contribution in [3.8, 4) is 0 Å². The molecule has 5 rings (SSSR count). The highest BCUT2D eigenvalue weighted by molar-refractivity contribution is 5.95. The molecule has 2 heterocycles. The van der Waals surface area contributed by atoms with Crippen molar-refractivity contribution in [3.05, 3.63) is 36.0 Å². The van der Waals surface area contributed by atoms with Gasteiger partial charge in [-0.1, -0.05) is 26.8 Å². The zero-order valence-corrected chi connectivity index (χ0v) is 22.8. The molecule has 0 saturated heterocycles. The van der Waals surface area contributed by atoms with Gasteiger partial charge in [-0.3, -0.25) is 14.4 Å². The van der Waals surface area contributed by atoms with E-state index in [0.29, 0.717) is 47.9 Å². The van der Waals surface area contributed by atoms with Gasteiger partial charge in [0.1, 0.15) is 5.82 Å². The number of aromatic nitrogens is 1. The number of nitrogens with zero attached hydrogens (tertiary/aromatic N) is 1. The fourth-order valence-electron chi connectivity index (χ4n) is 8.34. The number of carbonyl (C=O) groups is 3. The van der Waals surface area contributed by atoms with E-state index in [4.69, 9.17) is 0 Å². The summed E-state index contributed by atoms with van der Waals surface area (Å²) in [5, 5.41) is 18.2.